The maximum Gasteiger partial charge on any atom is 0.321 e. The molecule has 4 nitrogen and oxygen atoms in total. The van der Waals surface area contributed by atoms with Crippen LogP contribution in [0.25, 0.3) is 0 Å². The number of carbonyl (C=O) groups is 1. The molecule has 0 aliphatic heterocycles. The van der Waals surface area contributed by atoms with E-state index in [1.165, 1.54) is 57.8 Å². The van der Waals surface area contributed by atoms with Crippen molar-refractivity contribution >= 4 is 35.5 Å². The Kier molecular flexibility index (Phi) is 21.9. The van der Waals surface area contributed by atoms with Crippen LogP contribution >= 0.6 is 0 Å². The zero-order valence-corrected chi connectivity index (χ0v) is 18.4. The van der Waals surface area contributed by atoms with Crippen molar-refractivity contribution in [3.05, 3.63) is 0 Å². The van der Waals surface area contributed by atoms with E-state index in [1.54, 1.807) is 0 Å². The van der Waals surface area contributed by atoms with Crippen LogP contribution in [-0.2, 0) is 4.79 Å². The van der Waals surface area contributed by atoms with Gasteiger partial charge >= 0.3 is 5.97 Å². The molecule has 0 saturated carbocycles. The second kappa shape index (κ2) is 19.7. The third-order valence-corrected chi connectivity index (χ3v) is 4.44. The van der Waals surface area contributed by atoms with Crippen LogP contribution in [0.15, 0.2) is 0 Å². The molecule has 0 bridgehead atoms. The smallest absolute Gasteiger partial charge is 0.321 e. The molecule has 1 atom stereocenters. The van der Waals surface area contributed by atoms with Crippen molar-refractivity contribution in [3.63, 3.8) is 0 Å². The molecule has 0 aromatic heterocycles. The summed E-state index contributed by atoms with van der Waals surface area (Å²) in [4.78, 5) is 13.4. The van der Waals surface area contributed by atoms with Crippen molar-refractivity contribution in [3.8, 4) is 0 Å². The Labute approximate surface area is 171 Å². The molecule has 0 spiro atoms. The molecule has 24 heavy (non-hydrogen) atoms. The number of aliphatic hydroxyl groups is 1. The van der Waals surface area contributed by atoms with Gasteiger partial charge in [0.05, 0.1) is 0 Å². The first-order valence-electron chi connectivity index (χ1n) is 9.75. The van der Waals surface area contributed by atoms with Crippen molar-refractivity contribution in [2.45, 2.75) is 96.9 Å². The van der Waals surface area contributed by atoms with Gasteiger partial charge in [0.15, 0.2) is 0 Å². The number of hydrogen-bond acceptors (Lipinski definition) is 3. The molecule has 0 amide bonds. The van der Waals surface area contributed by atoms with Gasteiger partial charge in [-0.1, -0.05) is 71.6 Å². The Morgan fingerprint density at radius 1 is 0.833 bits per heavy atom. The fourth-order valence-electron chi connectivity index (χ4n) is 3.10. The number of carboxylic acids is 1. The van der Waals surface area contributed by atoms with Crippen LogP contribution in [0.3, 0.4) is 0 Å². The summed E-state index contributed by atoms with van der Waals surface area (Å²) < 4.78 is 0. The number of rotatable bonds is 17. The van der Waals surface area contributed by atoms with Gasteiger partial charge in [0.1, 0.15) is 6.04 Å². The molecule has 5 heteroatoms. The number of unbranched alkanes of at least 4 members (excludes halogenated alkanes) is 9. The molecule has 0 aliphatic carbocycles. The predicted molar refractivity (Wildman–Crippen MR) is 103 cm³/mol. The van der Waals surface area contributed by atoms with Gasteiger partial charge in [-0.25, -0.2) is 0 Å². The number of aliphatic carboxylic acids is 1. The Morgan fingerprint density at radius 2 is 1.33 bits per heavy atom. The zero-order valence-electron chi connectivity index (χ0n) is 16.4. The minimum Gasteiger partial charge on any atom is -0.480 e. The fourth-order valence-corrected chi connectivity index (χ4v) is 3.10. The molecule has 0 saturated heterocycles. The summed E-state index contributed by atoms with van der Waals surface area (Å²) in [6.45, 7) is 5.89. The molecular formula is C19H39NNaO3. The summed E-state index contributed by atoms with van der Waals surface area (Å²) in [6.07, 6.45) is 14.2. The molecule has 0 unspecified atom stereocenters. The van der Waals surface area contributed by atoms with E-state index in [0.717, 1.165) is 25.9 Å². The average molecular weight is 353 g/mol. The Morgan fingerprint density at radius 3 is 1.75 bits per heavy atom. The third-order valence-electron chi connectivity index (χ3n) is 4.44. The van der Waals surface area contributed by atoms with Crippen LogP contribution in [0.5, 0.6) is 0 Å². The third kappa shape index (κ3) is 14.7. The van der Waals surface area contributed by atoms with Crippen LogP contribution in [0.2, 0.25) is 0 Å². The first-order chi connectivity index (χ1) is 11.2. The van der Waals surface area contributed by atoms with Crippen molar-refractivity contribution in [1.29, 1.82) is 0 Å². The van der Waals surface area contributed by atoms with Gasteiger partial charge < -0.3 is 10.2 Å². The summed E-state index contributed by atoms with van der Waals surface area (Å²) in [6, 6.07) is -0.529. The van der Waals surface area contributed by atoms with Crippen LogP contribution in [-0.4, -0.2) is 76.4 Å². The van der Waals surface area contributed by atoms with E-state index in [1.807, 2.05) is 4.90 Å². The minimum absolute atomic E-state index is 0. The van der Waals surface area contributed by atoms with E-state index in [2.05, 4.69) is 13.8 Å². The molecule has 0 aliphatic rings. The molecule has 0 heterocycles. The van der Waals surface area contributed by atoms with Crippen molar-refractivity contribution in [2.75, 3.05) is 19.7 Å². The van der Waals surface area contributed by atoms with Crippen molar-refractivity contribution in [2.24, 2.45) is 0 Å². The number of nitrogens with zero attached hydrogens (tertiary/aromatic N) is 1. The first kappa shape index (κ1) is 26.6. The molecule has 139 valence electrons. The quantitative estimate of drug-likeness (QED) is 0.306. The average Bonchev–Trinajstić information content (AvgIpc) is 2.53. The second-order valence-corrected chi connectivity index (χ2v) is 6.58. The molecule has 0 aromatic carbocycles. The minimum atomic E-state index is -0.806. The Bertz CT molecular complexity index is 277. The van der Waals surface area contributed by atoms with Gasteiger partial charge in [0.2, 0.25) is 0 Å². The van der Waals surface area contributed by atoms with Gasteiger partial charge in [-0.2, -0.15) is 0 Å². The second-order valence-electron chi connectivity index (χ2n) is 6.58. The molecule has 0 fully saturated rings. The molecule has 0 rings (SSSR count). The monoisotopic (exact) mass is 352 g/mol. The van der Waals surface area contributed by atoms with E-state index in [4.69, 9.17) is 5.11 Å². The summed E-state index contributed by atoms with van der Waals surface area (Å²) in [5, 5.41) is 18.4. The van der Waals surface area contributed by atoms with Crippen molar-refractivity contribution < 1.29 is 15.0 Å². The van der Waals surface area contributed by atoms with E-state index < -0.39 is 12.0 Å². The largest absolute Gasteiger partial charge is 0.480 e. The van der Waals surface area contributed by atoms with Gasteiger partial charge in [-0.05, 0) is 32.4 Å². The first-order valence-corrected chi connectivity index (χ1v) is 9.75. The van der Waals surface area contributed by atoms with Gasteiger partial charge in [0, 0.05) is 36.2 Å². The van der Waals surface area contributed by atoms with E-state index in [9.17, 15) is 9.90 Å². The standard InChI is InChI=1S/C19H39NO3.Na/c1-3-5-6-7-8-9-10-11-12-13-16-20(15-4-2)18(14-17-21)19(22)23;/h18,21H,3-17H2,1-2H3,(H,22,23);/t18-;/m0./s1. The molecule has 2 N–H and O–H groups in total. The van der Waals surface area contributed by atoms with Gasteiger partial charge in [-0.3, -0.25) is 9.69 Å². The maximum atomic E-state index is 11.3. The molecular weight excluding hydrogens is 313 g/mol. The predicted octanol–water partition coefficient (Wildman–Crippen LogP) is 4.07. The van der Waals surface area contributed by atoms with Gasteiger partial charge in [-0.15, -0.1) is 0 Å². The fraction of sp³-hybridized carbons (Fsp3) is 0.947. The SMILES string of the molecule is CCCCCCCCCCCCN(CCC)[C@@H](CCO)C(=O)O.[Na]. The van der Waals surface area contributed by atoms with E-state index in [-0.39, 0.29) is 36.2 Å². The summed E-state index contributed by atoms with van der Waals surface area (Å²) in [7, 11) is 0. The maximum absolute atomic E-state index is 11.3. The normalized spacial score (nSPS) is 12.2. The molecule has 0 aromatic rings. The Hall–Kier alpha value is 0.390. The number of carboxylic acid groups (broad SMARTS) is 1. The summed E-state index contributed by atoms with van der Waals surface area (Å²) in [5.41, 5.74) is 0. The van der Waals surface area contributed by atoms with E-state index >= 15 is 0 Å². The van der Waals surface area contributed by atoms with Crippen LogP contribution < -0.4 is 0 Å². The molecule has 1 radical (unpaired) electrons. The number of aliphatic hydroxyl groups excluding tert-OH is 1. The van der Waals surface area contributed by atoms with Gasteiger partial charge in [0.25, 0.3) is 0 Å². The topological polar surface area (TPSA) is 60.8 Å². The van der Waals surface area contributed by atoms with Crippen LogP contribution in [0, 0.1) is 0 Å². The van der Waals surface area contributed by atoms with Crippen molar-refractivity contribution in [1.82, 2.24) is 4.90 Å². The summed E-state index contributed by atoms with van der Waals surface area (Å²) >= 11 is 0. The zero-order chi connectivity index (χ0) is 17.3. The van der Waals surface area contributed by atoms with Crippen LogP contribution in [0.4, 0.5) is 0 Å². The Balaban J connectivity index is 0. The summed E-state index contributed by atoms with van der Waals surface area (Å²) in [5.74, 6) is -0.806. The number of hydrogen-bond donors (Lipinski definition) is 2. The van der Waals surface area contributed by atoms with E-state index in [0.29, 0.717) is 6.42 Å². The van der Waals surface area contributed by atoms with Crippen LogP contribution in [0.1, 0.15) is 90.9 Å².